The van der Waals surface area contributed by atoms with E-state index in [2.05, 4.69) is 15.2 Å². The van der Waals surface area contributed by atoms with Crippen molar-refractivity contribution in [3.05, 3.63) is 38.8 Å². The minimum Gasteiger partial charge on any atom is -0.350 e. The molecule has 0 atom stereocenters. The number of amides is 1. The standard InChI is InChI=1S/C17H19Cl2N3OS/c1-11-15(16(23)20-6-9-22-7-2-3-8-22)24-17(21-11)13-10-12(18)4-5-14(13)19/h4-5,10H,2-3,6-9H2,1H3,(H,20,23). The zero-order valence-corrected chi connectivity index (χ0v) is 15.8. The van der Waals surface area contributed by atoms with Gasteiger partial charge >= 0.3 is 0 Å². The molecule has 1 aliphatic heterocycles. The van der Waals surface area contributed by atoms with Crippen molar-refractivity contribution in [2.75, 3.05) is 26.2 Å². The van der Waals surface area contributed by atoms with E-state index in [0.717, 1.165) is 25.2 Å². The fourth-order valence-electron chi connectivity index (χ4n) is 2.80. The van der Waals surface area contributed by atoms with Gasteiger partial charge in [-0.3, -0.25) is 4.79 Å². The summed E-state index contributed by atoms with van der Waals surface area (Å²) in [5.74, 6) is -0.0754. The van der Waals surface area contributed by atoms with Crippen LogP contribution in [0.3, 0.4) is 0 Å². The smallest absolute Gasteiger partial charge is 0.263 e. The fraction of sp³-hybridized carbons (Fsp3) is 0.412. The number of carbonyl (C=O) groups is 1. The van der Waals surface area contributed by atoms with E-state index in [4.69, 9.17) is 23.2 Å². The predicted molar refractivity (Wildman–Crippen MR) is 100 cm³/mol. The second kappa shape index (κ2) is 7.83. The number of nitrogens with one attached hydrogen (secondary N) is 1. The average molecular weight is 384 g/mol. The molecule has 0 radical (unpaired) electrons. The third kappa shape index (κ3) is 4.09. The molecule has 7 heteroatoms. The zero-order valence-electron chi connectivity index (χ0n) is 13.4. The van der Waals surface area contributed by atoms with Gasteiger partial charge in [0.15, 0.2) is 0 Å². The van der Waals surface area contributed by atoms with E-state index < -0.39 is 0 Å². The third-order valence-corrected chi connectivity index (χ3v) is 5.83. The van der Waals surface area contributed by atoms with Crippen molar-refractivity contribution in [3.63, 3.8) is 0 Å². The molecule has 0 aliphatic carbocycles. The SMILES string of the molecule is Cc1nc(-c2cc(Cl)ccc2Cl)sc1C(=O)NCCN1CCCC1. The molecule has 4 nitrogen and oxygen atoms in total. The summed E-state index contributed by atoms with van der Waals surface area (Å²) in [6, 6.07) is 5.25. The van der Waals surface area contributed by atoms with E-state index in [0.29, 0.717) is 32.2 Å². The molecule has 1 aliphatic rings. The van der Waals surface area contributed by atoms with Crippen molar-refractivity contribution in [2.24, 2.45) is 0 Å². The van der Waals surface area contributed by atoms with Gasteiger partial charge in [0.25, 0.3) is 5.91 Å². The Morgan fingerprint density at radius 3 is 2.83 bits per heavy atom. The Hall–Kier alpha value is -1.14. The number of carbonyl (C=O) groups excluding carboxylic acids is 1. The number of aromatic nitrogens is 1. The van der Waals surface area contributed by atoms with Crippen LogP contribution in [0, 0.1) is 6.92 Å². The molecular formula is C17H19Cl2N3OS. The summed E-state index contributed by atoms with van der Waals surface area (Å²) in [5, 5.41) is 4.87. The quantitative estimate of drug-likeness (QED) is 0.838. The van der Waals surface area contributed by atoms with E-state index in [-0.39, 0.29) is 5.91 Å². The molecule has 128 valence electrons. The first-order valence-corrected chi connectivity index (χ1v) is 9.55. The lowest BCUT2D eigenvalue weighted by Gasteiger charge is -2.14. The van der Waals surface area contributed by atoms with Gasteiger partial charge in [-0.25, -0.2) is 4.98 Å². The molecule has 1 saturated heterocycles. The van der Waals surface area contributed by atoms with Crippen LogP contribution in [0.1, 0.15) is 28.2 Å². The molecule has 0 bridgehead atoms. The van der Waals surface area contributed by atoms with Crippen LogP contribution < -0.4 is 5.32 Å². The van der Waals surface area contributed by atoms with Crippen LogP contribution in [0.15, 0.2) is 18.2 Å². The molecule has 0 saturated carbocycles. The highest BCUT2D eigenvalue weighted by molar-refractivity contribution is 7.17. The monoisotopic (exact) mass is 383 g/mol. The van der Waals surface area contributed by atoms with Crippen LogP contribution in [0.2, 0.25) is 10.0 Å². The van der Waals surface area contributed by atoms with Gasteiger partial charge in [-0.15, -0.1) is 11.3 Å². The van der Waals surface area contributed by atoms with E-state index in [9.17, 15) is 4.79 Å². The second-order valence-electron chi connectivity index (χ2n) is 5.86. The minimum absolute atomic E-state index is 0.0754. The van der Waals surface area contributed by atoms with Gasteiger partial charge in [-0.1, -0.05) is 23.2 Å². The number of rotatable bonds is 5. The molecule has 24 heavy (non-hydrogen) atoms. The van der Waals surface area contributed by atoms with E-state index in [1.165, 1.54) is 24.2 Å². The number of likely N-dealkylation sites (tertiary alicyclic amines) is 1. The van der Waals surface area contributed by atoms with Gasteiger partial charge in [0.05, 0.1) is 10.7 Å². The lowest BCUT2D eigenvalue weighted by Crippen LogP contribution is -2.33. The van der Waals surface area contributed by atoms with Crippen LogP contribution in [0.5, 0.6) is 0 Å². The molecule has 2 aromatic rings. The molecule has 1 aromatic carbocycles. The van der Waals surface area contributed by atoms with Crippen LogP contribution in [0.25, 0.3) is 10.6 Å². The first-order chi connectivity index (χ1) is 11.5. The van der Waals surface area contributed by atoms with E-state index in [1.54, 1.807) is 18.2 Å². The maximum Gasteiger partial charge on any atom is 0.263 e. The Kier molecular flexibility index (Phi) is 5.76. The zero-order chi connectivity index (χ0) is 17.1. The highest BCUT2D eigenvalue weighted by atomic mass is 35.5. The molecule has 0 unspecified atom stereocenters. The molecule has 0 spiro atoms. The molecule has 1 fully saturated rings. The lowest BCUT2D eigenvalue weighted by atomic mass is 10.2. The van der Waals surface area contributed by atoms with Gasteiger partial charge in [-0.05, 0) is 51.1 Å². The second-order valence-corrected chi connectivity index (χ2v) is 7.71. The van der Waals surface area contributed by atoms with Crippen molar-refractivity contribution in [1.29, 1.82) is 0 Å². The Morgan fingerprint density at radius 2 is 2.08 bits per heavy atom. The normalized spacial score (nSPS) is 15.0. The van der Waals surface area contributed by atoms with E-state index in [1.807, 2.05) is 6.92 Å². The summed E-state index contributed by atoms with van der Waals surface area (Å²) in [6.07, 6.45) is 2.51. The fourth-order valence-corrected chi connectivity index (χ4v) is 4.25. The number of hydrogen-bond acceptors (Lipinski definition) is 4. The molecule has 2 heterocycles. The van der Waals surface area contributed by atoms with Gasteiger partial charge in [0.2, 0.25) is 0 Å². The number of nitrogens with zero attached hydrogens (tertiary/aromatic N) is 2. The largest absolute Gasteiger partial charge is 0.350 e. The summed E-state index contributed by atoms with van der Waals surface area (Å²) >= 11 is 13.6. The lowest BCUT2D eigenvalue weighted by molar-refractivity contribution is 0.0953. The average Bonchev–Trinajstić information content (AvgIpc) is 3.19. The van der Waals surface area contributed by atoms with Crippen molar-refractivity contribution < 1.29 is 4.79 Å². The van der Waals surface area contributed by atoms with E-state index >= 15 is 0 Å². The number of benzene rings is 1. The summed E-state index contributed by atoms with van der Waals surface area (Å²) < 4.78 is 0. The Balaban J connectivity index is 1.68. The summed E-state index contributed by atoms with van der Waals surface area (Å²) in [6.45, 7) is 5.66. The molecule has 1 aromatic heterocycles. The number of halogens is 2. The highest BCUT2D eigenvalue weighted by Crippen LogP contribution is 2.34. The molecule has 1 amide bonds. The number of hydrogen-bond donors (Lipinski definition) is 1. The minimum atomic E-state index is -0.0754. The van der Waals surface area contributed by atoms with Crippen LogP contribution in [-0.2, 0) is 0 Å². The van der Waals surface area contributed by atoms with Crippen molar-refractivity contribution in [2.45, 2.75) is 19.8 Å². The van der Waals surface area contributed by atoms with Gasteiger partial charge in [0, 0.05) is 23.7 Å². The topological polar surface area (TPSA) is 45.2 Å². The first kappa shape index (κ1) is 17.7. The Labute approximate surface area is 155 Å². The van der Waals surface area contributed by atoms with Gasteiger partial charge in [-0.2, -0.15) is 0 Å². The van der Waals surface area contributed by atoms with Crippen LogP contribution in [-0.4, -0.2) is 42.0 Å². The highest BCUT2D eigenvalue weighted by Gasteiger charge is 2.18. The molecule has 3 rings (SSSR count). The van der Waals surface area contributed by atoms with Crippen LogP contribution >= 0.6 is 34.5 Å². The summed E-state index contributed by atoms with van der Waals surface area (Å²) in [7, 11) is 0. The third-order valence-electron chi connectivity index (χ3n) is 4.07. The van der Waals surface area contributed by atoms with Crippen molar-refractivity contribution >= 4 is 40.4 Å². The van der Waals surface area contributed by atoms with Gasteiger partial charge < -0.3 is 10.2 Å². The predicted octanol–water partition coefficient (Wildman–Crippen LogP) is 4.25. The number of aryl methyl sites for hydroxylation is 1. The number of thiazole rings is 1. The van der Waals surface area contributed by atoms with Gasteiger partial charge in [0.1, 0.15) is 9.88 Å². The summed E-state index contributed by atoms with van der Waals surface area (Å²) in [5.41, 5.74) is 1.47. The Bertz CT molecular complexity index is 741. The maximum absolute atomic E-state index is 12.4. The Morgan fingerprint density at radius 1 is 1.33 bits per heavy atom. The van der Waals surface area contributed by atoms with Crippen molar-refractivity contribution in [1.82, 2.24) is 15.2 Å². The van der Waals surface area contributed by atoms with Crippen molar-refractivity contribution in [3.8, 4) is 10.6 Å². The first-order valence-electron chi connectivity index (χ1n) is 7.98. The molecular weight excluding hydrogens is 365 g/mol. The summed E-state index contributed by atoms with van der Waals surface area (Å²) in [4.78, 5) is 19.9. The maximum atomic E-state index is 12.4. The molecule has 1 N–H and O–H groups in total. The van der Waals surface area contributed by atoms with Crippen LogP contribution in [0.4, 0.5) is 0 Å².